The molecule has 3 aromatic carbocycles. The number of carbonyl (C=O) groups excluding carboxylic acids is 1. The van der Waals surface area contributed by atoms with Crippen molar-refractivity contribution in [2.24, 2.45) is 0 Å². The highest BCUT2D eigenvalue weighted by molar-refractivity contribution is 5.96. The van der Waals surface area contributed by atoms with Crippen molar-refractivity contribution in [3.63, 3.8) is 0 Å². The molecular weight excluding hydrogens is 374 g/mol. The molecule has 1 unspecified atom stereocenters. The molecule has 1 N–H and O–H groups in total. The zero-order chi connectivity index (χ0) is 21.4. The molecule has 0 radical (unpaired) electrons. The summed E-state index contributed by atoms with van der Waals surface area (Å²) < 4.78 is 5.67. The Labute approximate surface area is 178 Å². The highest BCUT2D eigenvalue weighted by Crippen LogP contribution is 2.34. The summed E-state index contributed by atoms with van der Waals surface area (Å²) in [5.41, 5.74) is 3.08. The minimum Gasteiger partial charge on any atom is -0.393 e. The molecule has 0 aliphatic rings. The smallest absolute Gasteiger partial charge is 0.188 e. The normalized spacial score (nSPS) is 12.7. The number of aliphatic hydroxyl groups excluding tert-OH is 1. The number of anilines is 3. The first-order valence-corrected chi connectivity index (χ1v) is 9.98. The number of hydrogen-bond acceptors (Lipinski definition) is 4. The Balaban J connectivity index is 1.75. The molecule has 3 rings (SSSR count). The van der Waals surface area contributed by atoms with Gasteiger partial charge in [0.25, 0.3) is 0 Å². The van der Waals surface area contributed by atoms with Gasteiger partial charge >= 0.3 is 0 Å². The zero-order valence-electron chi connectivity index (χ0n) is 17.2. The van der Waals surface area contributed by atoms with Crippen molar-refractivity contribution >= 4 is 22.8 Å². The van der Waals surface area contributed by atoms with E-state index < -0.39 is 5.60 Å². The van der Waals surface area contributed by atoms with Gasteiger partial charge in [0, 0.05) is 17.1 Å². The molecule has 0 amide bonds. The molecule has 30 heavy (non-hydrogen) atoms. The third-order valence-electron chi connectivity index (χ3n) is 5.04. The van der Waals surface area contributed by atoms with Crippen molar-refractivity contribution in [3.05, 3.63) is 103 Å². The van der Waals surface area contributed by atoms with E-state index in [0.29, 0.717) is 13.0 Å². The molecule has 0 aliphatic carbocycles. The van der Waals surface area contributed by atoms with Crippen LogP contribution in [0.25, 0.3) is 0 Å². The molecule has 0 aromatic heterocycles. The second kappa shape index (κ2) is 10.0. The van der Waals surface area contributed by atoms with E-state index in [-0.39, 0.29) is 12.4 Å². The molecule has 0 saturated heterocycles. The molecule has 0 heterocycles. The van der Waals surface area contributed by atoms with Crippen molar-refractivity contribution in [1.29, 1.82) is 0 Å². The van der Waals surface area contributed by atoms with Crippen LogP contribution in [0.15, 0.2) is 97.6 Å². The lowest BCUT2D eigenvalue weighted by Crippen LogP contribution is -2.41. The van der Waals surface area contributed by atoms with Crippen LogP contribution in [0.1, 0.15) is 12.5 Å². The lowest BCUT2D eigenvalue weighted by molar-refractivity contribution is -0.142. The van der Waals surface area contributed by atoms with E-state index in [1.165, 1.54) is 6.08 Å². The van der Waals surface area contributed by atoms with Crippen LogP contribution >= 0.6 is 0 Å². The Morgan fingerprint density at radius 3 is 1.90 bits per heavy atom. The van der Waals surface area contributed by atoms with Gasteiger partial charge in [0.2, 0.25) is 0 Å². The van der Waals surface area contributed by atoms with Crippen molar-refractivity contribution < 1.29 is 14.6 Å². The SMILES string of the molecule is C=CC(=O)C(C)(CO)OCCc1ccc(N(c2ccccc2)c2ccccc2)cc1. The summed E-state index contributed by atoms with van der Waals surface area (Å²) in [4.78, 5) is 14.1. The molecule has 0 spiro atoms. The monoisotopic (exact) mass is 401 g/mol. The Hall–Kier alpha value is -3.21. The van der Waals surface area contributed by atoms with Crippen LogP contribution in [0.5, 0.6) is 0 Å². The molecule has 0 fully saturated rings. The number of benzene rings is 3. The van der Waals surface area contributed by atoms with Gasteiger partial charge in [-0.3, -0.25) is 4.79 Å². The Bertz CT molecular complexity index is 915. The highest BCUT2D eigenvalue weighted by atomic mass is 16.5. The summed E-state index contributed by atoms with van der Waals surface area (Å²) in [6.07, 6.45) is 1.82. The lowest BCUT2D eigenvalue weighted by atomic mass is 10.0. The Morgan fingerprint density at radius 2 is 1.43 bits per heavy atom. The van der Waals surface area contributed by atoms with Crippen molar-refractivity contribution in [2.75, 3.05) is 18.1 Å². The van der Waals surface area contributed by atoms with Crippen molar-refractivity contribution in [1.82, 2.24) is 0 Å². The molecule has 4 heteroatoms. The van der Waals surface area contributed by atoms with Crippen molar-refractivity contribution in [3.8, 4) is 0 Å². The van der Waals surface area contributed by atoms with Crippen LogP contribution in [0.3, 0.4) is 0 Å². The first-order chi connectivity index (χ1) is 14.6. The van der Waals surface area contributed by atoms with Gasteiger partial charge in [-0.2, -0.15) is 0 Å². The summed E-state index contributed by atoms with van der Waals surface area (Å²) in [5.74, 6) is -0.318. The second-order valence-corrected chi connectivity index (χ2v) is 7.23. The van der Waals surface area contributed by atoms with Gasteiger partial charge in [-0.05, 0) is 61.4 Å². The number of rotatable bonds is 10. The van der Waals surface area contributed by atoms with Crippen LogP contribution in [0, 0.1) is 0 Å². The minimum atomic E-state index is -1.24. The van der Waals surface area contributed by atoms with E-state index in [4.69, 9.17) is 4.74 Å². The average molecular weight is 402 g/mol. The standard InChI is InChI=1S/C26H27NO3/c1-3-25(29)26(2,20-28)30-19-18-21-14-16-24(17-15-21)27(22-10-6-4-7-11-22)23-12-8-5-9-13-23/h3-17,28H,1,18-20H2,2H3. The zero-order valence-corrected chi connectivity index (χ0v) is 17.2. The summed E-state index contributed by atoms with van der Waals surface area (Å²) in [6.45, 7) is 5.01. The van der Waals surface area contributed by atoms with Crippen LogP contribution < -0.4 is 4.90 Å². The maximum absolute atomic E-state index is 11.9. The van der Waals surface area contributed by atoms with Gasteiger partial charge in [-0.15, -0.1) is 0 Å². The molecule has 0 saturated carbocycles. The van der Waals surface area contributed by atoms with Gasteiger partial charge in [-0.1, -0.05) is 55.1 Å². The molecule has 0 bridgehead atoms. The van der Waals surface area contributed by atoms with E-state index in [2.05, 4.69) is 60.0 Å². The summed E-state index contributed by atoms with van der Waals surface area (Å²) in [6, 6.07) is 28.7. The van der Waals surface area contributed by atoms with E-state index in [0.717, 1.165) is 22.6 Å². The third-order valence-corrected chi connectivity index (χ3v) is 5.04. The maximum atomic E-state index is 11.9. The van der Waals surface area contributed by atoms with E-state index in [1.54, 1.807) is 6.92 Å². The lowest BCUT2D eigenvalue weighted by Gasteiger charge is -2.26. The van der Waals surface area contributed by atoms with Crippen LogP contribution in [0.4, 0.5) is 17.1 Å². The predicted molar refractivity (Wildman–Crippen MR) is 121 cm³/mol. The number of carbonyl (C=O) groups is 1. The second-order valence-electron chi connectivity index (χ2n) is 7.23. The van der Waals surface area contributed by atoms with E-state index >= 15 is 0 Å². The van der Waals surface area contributed by atoms with Gasteiger partial charge in [0.15, 0.2) is 11.4 Å². The van der Waals surface area contributed by atoms with Gasteiger partial charge in [0.1, 0.15) is 0 Å². The summed E-state index contributed by atoms with van der Waals surface area (Å²) in [7, 11) is 0. The Kier molecular flexibility index (Phi) is 7.17. The molecule has 1 atom stereocenters. The van der Waals surface area contributed by atoms with Crippen LogP contribution in [-0.2, 0) is 16.0 Å². The highest BCUT2D eigenvalue weighted by Gasteiger charge is 2.31. The Morgan fingerprint density at radius 1 is 0.933 bits per heavy atom. The average Bonchev–Trinajstić information content (AvgIpc) is 2.81. The molecule has 4 nitrogen and oxygen atoms in total. The van der Waals surface area contributed by atoms with Crippen LogP contribution in [-0.4, -0.2) is 29.7 Å². The quantitative estimate of drug-likeness (QED) is 0.473. The number of ether oxygens (including phenoxy) is 1. The van der Waals surface area contributed by atoms with Gasteiger partial charge in [0.05, 0.1) is 13.2 Å². The van der Waals surface area contributed by atoms with E-state index in [1.807, 2.05) is 36.4 Å². The summed E-state index contributed by atoms with van der Waals surface area (Å²) in [5, 5.41) is 9.50. The molecule has 154 valence electrons. The van der Waals surface area contributed by atoms with Crippen LogP contribution in [0.2, 0.25) is 0 Å². The molecule has 0 aliphatic heterocycles. The first-order valence-electron chi connectivity index (χ1n) is 9.98. The van der Waals surface area contributed by atoms with Gasteiger partial charge < -0.3 is 14.7 Å². The fourth-order valence-corrected chi connectivity index (χ4v) is 3.22. The third kappa shape index (κ3) is 5.03. The number of nitrogens with zero attached hydrogens (tertiary/aromatic N) is 1. The summed E-state index contributed by atoms with van der Waals surface area (Å²) >= 11 is 0. The molecular formula is C26H27NO3. The topological polar surface area (TPSA) is 49.8 Å². The minimum absolute atomic E-state index is 0.318. The number of para-hydroxylation sites is 2. The number of ketones is 1. The molecule has 3 aromatic rings. The first kappa shape index (κ1) is 21.5. The number of aliphatic hydroxyl groups is 1. The van der Waals surface area contributed by atoms with Gasteiger partial charge in [-0.25, -0.2) is 0 Å². The maximum Gasteiger partial charge on any atom is 0.188 e. The fourth-order valence-electron chi connectivity index (χ4n) is 3.22. The van der Waals surface area contributed by atoms with E-state index in [9.17, 15) is 9.90 Å². The number of hydrogen-bond donors (Lipinski definition) is 1. The van der Waals surface area contributed by atoms with Crippen molar-refractivity contribution in [2.45, 2.75) is 18.9 Å². The predicted octanol–water partition coefficient (Wildman–Crippen LogP) is 5.22. The largest absolute Gasteiger partial charge is 0.393 e. The fraction of sp³-hybridized carbons (Fsp3) is 0.192.